The van der Waals surface area contributed by atoms with Crippen molar-refractivity contribution in [3.05, 3.63) is 89.2 Å². The Morgan fingerprint density at radius 2 is 1.71 bits per heavy atom. The molecule has 0 atom stereocenters. The van der Waals surface area contributed by atoms with Crippen LogP contribution in [0.25, 0.3) is 0 Å². The number of nitrogens with one attached hydrogen (secondary N) is 2. The summed E-state index contributed by atoms with van der Waals surface area (Å²) in [4.78, 5) is 13.1. The zero-order chi connectivity index (χ0) is 18.5. The molecule has 146 valence electrons. The van der Waals surface area contributed by atoms with Crippen molar-refractivity contribution < 1.29 is 4.79 Å². The highest BCUT2D eigenvalue weighted by Crippen LogP contribution is 2.24. The molecule has 1 amide bonds. The molecule has 1 aliphatic rings. The standard InChI is InChI=1S/C22H24N4O.ClH/c27-22(24-15-19-14-20-16-23-12-7-13-26(20)25-19)21(17-8-3-1-4-9-17)18-10-5-2-6-11-18;/h1-6,8-11,14,21,23H,7,12-13,15-16H2,(H,24,27);1H. The number of benzene rings is 2. The van der Waals surface area contributed by atoms with Gasteiger partial charge in [0, 0.05) is 13.1 Å². The van der Waals surface area contributed by atoms with E-state index in [-0.39, 0.29) is 24.2 Å². The Kier molecular flexibility index (Phi) is 6.85. The summed E-state index contributed by atoms with van der Waals surface area (Å²) in [5.41, 5.74) is 4.07. The van der Waals surface area contributed by atoms with Gasteiger partial charge in [-0.1, -0.05) is 60.7 Å². The molecule has 28 heavy (non-hydrogen) atoms. The molecule has 0 saturated heterocycles. The number of aryl methyl sites for hydroxylation is 1. The molecule has 0 bridgehead atoms. The summed E-state index contributed by atoms with van der Waals surface area (Å²) in [7, 11) is 0. The van der Waals surface area contributed by atoms with Crippen LogP contribution in [0.15, 0.2) is 66.7 Å². The van der Waals surface area contributed by atoms with Gasteiger partial charge in [0.1, 0.15) is 0 Å². The van der Waals surface area contributed by atoms with Crippen molar-refractivity contribution in [2.75, 3.05) is 6.54 Å². The third-order valence-electron chi connectivity index (χ3n) is 4.92. The van der Waals surface area contributed by atoms with E-state index in [0.29, 0.717) is 6.54 Å². The highest BCUT2D eigenvalue weighted by molar-refractivity contribution is 5.87. The Labute approximate surface area is 171 Å². The van der Waals surface area contributed by atoms with Crippen LogP contribution in [0.5, 0.6) is 0 Å². The number of halogens is 1. The fourth-order valence-electron chi connectivity index (χ4n) is 3.57. The summed E-state index contributed by atoms with van der Waals surface area (Å²) in [5, 5.41) is 11.1. The van der Waals surface area contributed by atoms with Gasteiger partial charge >= 0.3 is 0 Å². The molecule has 1 aromatic heterocycles. The van der Waals surface area contributed by atoms with E-state index in [0.717, 1.165) is 42.9 Å². The smallest absolute Gasteiger partial charge is 0.232 e. The number of carbonyl (C=O) groups excluding carboxylic acids is 1. The van der Waals surface area contributed by atoms with Gasteiger partial charge in [-0.15, -0.1) is 12.4 Å². The van der Waals surface area contributed by atoms with Gasteiger partial charge in [-0.05, 0) is 30.2 Å². The summed E-state index contributed by atoms with van der Waals surface area (Å²) in [6.07, 6.45) is 1.07. The minimum Gasteiger partial charge on any atom is -0.350 e. The molecule has 0 fully saturated rings. The number of fused-ring (bicyclic) bond motifs is 1. The van der Waals surface area contributed by atoms with Crippen molar-refractivity contribution >= 4 is 18.3 Å². The highest BCUT2D eigenvalue weighted by atomic mass is 35.5. The van der Waals surface area contributed by atoms with E-state index in [1.54, 1.807) is 0 Å². The largest absolute Gasteiger partial charge is 0.350 e. The van der Waals surface area contributed by atoms with E-state index < -0.39 is 0 Å². The van der Waals surface area contributed by atoms with Crippen molar-refractivity contribution in [2.24, 2.45) is 0 Å². The van der Waals surface area contributed by atoms with E-state index in [9.17, 15) is 4.79 Å². The first-order valence-electron chi connectivity index (χ1n) is 9.45. The first kappa shape index (κ1) is 20.1. The summed E-state index contributed by atoms with van der Waals surface area (Å²) in [6.45, 7) is 3.21. The van der Waals surface area contributed by atoms with E-state index >= 15 is 0 Å². The lowest BCUT2D eigenvalue weighted by Crippen LogP contribution is -2.29. The average molecular weight is 397 g/mol. The second kappa shape index (κ2) is 9.53. The Morgan fingerprint density at radius 3 is 2.36 bits per heavy atom. The molecule has 2 heterocycles. The number of hydrogen-bond acceptors (Lipinski definition) is 3. The molecule has 0 saturated carbocycles. The minimum absolute atomic E-state index is 0. The van der Waals surface area contributed by atoms with Gasteiger partial charge in [0.25, 0.3) is 0 Å². The molecular weight excluding hydrogens is 372 g/mol. The van der Waals surface area contributed by atoms with Crippen molar-refractivity contribution in [1.29, 1.82) is 0 Å². The maximum atomic E-state index is 13.1. The lowest BCUT2D eigenvalue weighted by molar-refractivity contribution is -0.121. The lowest BCUT2D eigenvalue weighted by Gasteiger charge is -2.17. The van der Waals surface area contributed by atoms with Crippen LogP contribution in [0.3, 0.4) is 0 Å². The van der Waals surface area contributed by atoms with Crippen LogP contribution in [0, 0.1) is 0 Å². The fourth-order valence-corrected chi connectivity index (χ4v) is 3.57. The molecule has 2 aromatic carbocycles. The lowest BCUT2D eigenvalue weighted by atomic mass is 9.90. The molecule has 0 spiro atoms. The second-order valence-corrected chi connectivity index (χ2v) is 6.85. The molecule has 6 heteroatoms. The number of rotatable bonds is 5. The van der Waals surface area contributed by atoms with E-state index in [1.807, 2.05) is 65.3 Å². The van der Waals surface area contributed by atoms with Gasteiger partial charge in [-0.3, -0.25) is 9.48 Å². The predicted molar refractivity (Wildman–Crippen MR) is 112 cm³/mol. The summed E-state index contributed by atoms with van der Waals surface area (Å²) in [5.74, 6) is -0.330. The molecule has 0 radical (unpaired) electrons. The van der Waals surface area contributed by atoms with Crippen molar-refractivity contribution in [3.63, 3.8) is 0 Å². The first-order valence-corrected chi connectivity index (χ1v) is 9.45. The maximum absolute atomic E-state index is 13.1. The first-order chi connectivity index (χ1) is 13.3. The quantitative estimate of drug-likeness (QED) is 0.696. The van der Waals surface area contributed by atoms with Crippen LogP contribution in [-0.2, 0) is 24.4 Å². The topological polar surface area (TPSA) is 59.0 Å². The van der Waals surface area contributed by atoms with E-state index in [4.69, 9.17) is 0 Å². The van der Waals surface area contributed by atoms with Crippen molar-refractivity contribution in [3.8, 4) is 0 Å². The highest BCUT2D eigenvalue weighted by Gasteiger charge is 2.22. The normalized spacial score (nSPS) is 13.3. The minimum atomic E-state index is -0.325. The molecule has 0 aliphatic carbocycles. The SMILES string of the molecule is Cl.O=C(NCc1cc2n(n1)CCCNC2)C(c1ccccc1)c1ccccc1. The van der Waals surface area contributed by atoms with Gasteiger partial charge < -0.3 is 10.6 Å². The van der Waals surface area contributed by atoms with Crippen LogP contribution in [0.2, 0.25) is 0 Å². The molecule has 0 unspecified atom stereocenters. The number of carbonyl (C=O) groups is 1. The van der Waals surface area contributed by atoms with Crippen LogP contribution >= 0.6 is 12.4 Å². The Morgan fingerprint density at radius 1 is 1.07 bits per heavy atom. The Bertz CT molecular complexity index is 832. The summed E-state index contributed by atoms with van der Waals surface area (Å²) >= 11 is 0. The van der Waals surface area contributed by atoms with E-state index in [1.165, 1.54) is 5.69 Å². The average Bonchev–Trinajstić information content (AvgIpc) is 2.97. The van der Waals surface area contributed by atoms with Crippen LogP contribution in [0.4, 0.5) is 0 Å². The van der Waals surface area contributed by atoms with E-state index in [2.05, 4.69) is 21.8 Å². The van der Waals surface area contributed by atoms with Crippen LogP contribution < -0.4 is 10.6 Å². The zero-order valence-corrected chi connectivity index (χ0v) is 16.5. The maximum Gasteiger partial charge on any atom is 0.232 e. The van der Waals surface area contributed by atoms with Crippen LogP contribution in [0.1, 0.15) is 34.9 Å². The number of aromatic nitrogens is 2. The molecule has 1 aliphatic heterocycles. The zero-order valence-electron chi connectivity index (χ0n) is 15.7. The monoisotopic (exact) mass is 396 g/mol. The second-order valence-electron chi connectivity index (χ2n) is 6.85. The predicted octanol–water partition coefficient (Wildman–Crippen LogP) is 3.25. The number of amides is 1. The third kappa shape index (κ3) is 4.61. The molecule has 3 aromatic rings. The van der Waals surface area contributed by atoms with Gasteiger partial charge in [0.2, 0.25) is 5.91 Å². The number of hydrogen-bond donors (Lipinski definition) is 2. The van der Waals surface area contributed by atoms with Crippen LogP contribution in [-0.4, -0.2) is 22.2 Å². The van der Waals surface area contributed by atoms with Crippen molar-refractivity contribution in [1.82, 2.24) is 20.4 Å². The van der Waals surface area contributed by atoms with Gasteiger partial charge in [0.05, 0.1) is 23.9 Å². The van der Waals surface area contributed by atoms with Gasteiger partial charge in [-0.2, -0.15) is 5.10 Å². The molecule has 5 nitrogen and oxygen atoms in total. The Balaban J connectivity index is 0.00000225. The third-order valence-corrected chi connectivity index (χ3v) is 4.92. The van der Waals surface area contributed by atoms with Gasteiger partial charge in [0.15, 0.2) is 0 Å². The Hall–Kier alpha value is -2.63. The fraction of sp³-hybridized carbons (Fsp3) is 0.273. The van der Waals surface area contributed by atoms with Crippen molar-refractivity contribution in [2.45, 2.75) is 32.0 Å². The number of nitrogens with zero attached hydrogens (tertiary/aromatic N) is 2. The van der Waals surface area contributed by atoms with Gasteiger partial charge in [-0.25, -0.2) is 0 Å². The molecule has 4 rings (SSSR count). The molecule has 2 N–H and O–H groups in total. The summed E-state index contributed by atoms with van der Waals surface area (Å²) in [6, 6.07) is 21.9. The molecular formula is C22H25ClN4O. The summed E-state index contributed by atoms with van der Waals surface area (Å²) < 4.78 is 2.05.